The van der Waals surface area contributed by atoms with Gasteiger partial charge in [0.25, 0.3) is 0 Å². The molecule has 1 atom stereocenters. The topological polar surface area (TPSA) is 12.9 Å². The van der Waals surface area contributed by atoms with Crippen molar-refractivity contribution in [1.29, 1.82) is 0 Å². The minimum Gasteiger partial charge on any atom is -0.259 e. The highest BCUT2D eigenvalue weighted by atomic mass is 79.9. The third kappa shape index (κ3) is 14.6. The smallest absolute Gasteiger partial charge is 0.0514 e. The summed E-state index contributed by atoms with van der Waals surface area (Å²) in [6.07, 6.45) is 19.6. The van der Waals surface area contributed by atoms with Crippen LogP contribution in [0.25, 0.3) is 0 Å². The second kappa shape index (κ2) is 26.5. The van der Waals surface area contributed by atoms with E-state index in [2.05, 4.69) is 111 Å². The van der Waals surface area contributed by atoms with E-state index in [1.807, 2.05) is 33.9 Å². The van der Waals surface area contributed by atoms with Gasteiger partial charge in [0.05, 0.1) is 5.69 Å². The predicted octanol–water partition coefficient (Wildman–Crippen LogP) is 12.5. The quantitative estimate of drug-likeness (QED) is 0.297. The second-order valence-corrected chi connectivity index (χ2v) is 10.5. The van der Waals surface area contributed by atoms with Gasteiger partial charge in [-0.15, -0.1) is 12.8 Å². The van der Waals surface area contributed by atoms with Crippen molar-refractivity contribution in [1.82, 2.24) is 4.98 Å². The molecule has 1 unspecified atom stereocenters. The van der Waals surface area contributed by atoms with Crippen molar-refractivity contribution in [2.45, 2.75) is 133 Å². The lowest BCUT2D eigenvalue weighted by Crippen LogP contribution is -2.18. The van der Waals surface area contributed by atoms with Gasteiger partial charge in [-0.3, -0.25) is 4.98 Å². The summed E-state index contributed by atoms with van der Waals surface area (Å²) >= 11 is 7.53. The first-order chi connectivity index (χ1) is 17.9. The second-order valence-electron chi connectivity index (χ2n) is 8.75. The lowest BCUT2D eigenvalue weighted by Gasteiger charge is -2.29. The van der Waals surface area contributed by atoms with Crippen LogP contribution in [0.2, 0.25) is 0 Å². The molecule has 37 heavy (non-hydrogen) atoms. The van der Waals surface area contributed by atoms with Crippen LogP contribution in [0.1, 0.15) is 142 Å². The molecule has 1 aromatic heterocycles. The average molecular weight is 640 g/mol. The Morgan fingerprint density at radius 3 is 1.73 bits per heavy atom. The standard InChI is InChI=1S/C22H27Br2N.2C3H8.2C2H6.C2H2/c1-4-6-15(7-5-2)21-20-16(10-14(3)11-19(20)24)8-9-17-12-18(23)13-25-22(17)21;2*1-3-2;3*1-2/h10-13,15,21H,4-9H2,1-3H3;2*3H2,1-2H3;2*1-2H3;1-2H. The lowest BCUT2D eigenvalue weighted by molar-refractivity contribution is 0.389. The highest BCUT2D eigenvalue weighted by Gasteiger charge is 2.32. The Morgan fingerprint density at radius 2 is 1.27 bits per heavy atom. The Labute approximate surface area is 249 Å². The monoisotopic (exact) mass is 637 g/mol. The van der Waals surface area contributed by atoms with E-state index in [1.165, 1.54) is 70.9 Å². The van der Waals surface area contributed by atoms with Crippen molar-refractivity contribution in [3.05, 3.63) is 61.3 Å². The van der Waals surface area contributed by atoms with Gasteiger partial charge >= 0.3 is 0 Å². The molecule has 3 heteroatoms. The van der Waals surface area contributed by atoms with Crippen LogP contribution in [0, 0.1) is 25.7 Å². The highest BCUT2D eigenvalue weighted by molar-refractivity contribution is 9.10. The summed E-state index contributed by atoms with van der Waals surface area (Å²) in [4.78, 5) is 4.94. The Balaban J connectivity index is -0.000000834. The third-order valence-electron chi connectivity index (χ3n) is 5.39. The summed E-state index contributed by atoms with van der Waals surface area (Å²) in [6, 6.07) is 6.96. The van der Waals surface area contributed by atoms with Crippen molar-refractivity contribution in [2.24, 2.45) is 5.92 Å². The van der Waals surface area contributed by atoms with Gasteiger partial charge in [-0.25, -0.2) is 0 Å². The number of benzene rings is 1. The summed E-state index contributed by atoms with van der Waals surface area (Å²) in [5.74, 6) is 1.05. The average Bonchev–Trinajstić information content (AvgIpc) is 3.05. The van der Waals surface area contributed by atoms with Crippen LogP contribution < -0.4 is 0 Å². The fraction of sp³-hybridized carbons (Fsp3) is 0.618. The Morgan fingerprint density at radius 1 is 0.811 bits per heavy atom. The zero-order valence-corrected chi connectivity index (χ0v) is 29.2. The molecule has 0 bridgehead atoms. The zero-order chi connectivity index (χ0) is 29.4. The fourth-order valence-corrected chi connectivity index (χ4v) is 5.68. The van der Waals surface area contributed by atoms with Crippen molar-refractivity contribution >= 4 is 31.9 Å². The van der Waals surface area contributed by atoms with E-state index in [9.17, 15) is 0 Å². The molecule has 0 amide bonds. The number of nitrogens with zero attached hydrogens (tertiary/aromatic N) is 1. The molecular formula is C34H57Br2N. The maximum absolute atomic E-state index is 4.94. The summed E-state index contributed by atoms with van der Waals surface area (Å²) in [7, 11) is 0. The van der Waals surface area contributed by atoms with Crippen LogP contribution in [-0.2, 0) is 12.8 Å². The molecule has 1 aromatic carbocycles. The molecule has 1 heterocycles. The number of hydrogen-bond acceptors (Lipinski definition) is 1. The van der Waals surface area contributed by atoms with Crippen LogP contribution in [0.15, 0.2) is 33.3 Å². The summed E-state index contributed by atoms with van der Waals surface area (Å²) in [6.45, 7) is 23.3. The van der Waals surface area contributed by atoms with E-state index in [0.717, 1.165) is 17.3 Å². The number of pyridine rings is 1. The molecule has 0 spiro atoms. The first-order valence-electron chi connectivity index (χ1n) is 14.6. The van der Waals surface area contributed by atoms with Gasteiger partial charge in [0, 0.05) is 21.1 Å². The number of terminal acetylenes is 1. The highest BCUT2D eigenvalue weighted by Crippen LogP contribution is 2.45. The summed E-state index contributed by atoms with van der Waals surface area (Å²) < 4.78 is 2.36. The SMILES string of the molecule is C#C.CC.CC.CCC.CCC.CCCC(CCC)C1c2ncc(Br)cc2CCc2cc(C)cc(Br)c21. The first kappa shape index (κ1) is 40.4. The van der Waals surface area contributed by atoms with Gasteiger partial charge in [-0.1, -0.05) is 117 Å². The summed E-state index contributed by atoms with van der Waals surface area (Å²) in [5, 5.41) is 0. The van der Waals surface area contributed by atoms with Crippen LogP contribution in [-0.4, -0.2) is 4.98 Å². The molecule has 1 aliphatic rings. The maximum Gasteiger partial charge on any atom is 0.0514 e. The minimum absolute atomic E-state index is 0.399. The molecule has 0 saturated carbocycles. The number of hydrogen-bond donors (Lipinski definition) is 0. The summed E-state index contributed by atoms with van der Waals surface area (Å²) in [5.41, 5.74) is 7.05. The van der Waals surface area contributed by atoms with Gasteiger partial charge in [0.15, 0.2) is 0 Å². The molecule has 0 radical (unpaired) electrons. The van der Waals surface area contributed by atoms with Crippen molar-refractivity contribution in [3.63, 3.8) is 0 Å². The predicted molar refractivity (Wildman–Crippen MR) is 178 cm³/mol. The zero-order valence-electron chi connectivity index (χ0n) is 26.0. The minimum atomic E-state index is 0.399. The Kier molecular flexibility index (Phi) is 28.9. The van der Waals surface area contributed by atoms with Crippen molar-refractivity contribution in [2.75, 3.05) is 0 Å². The van der Waals surface area contributed by atoms with Gasteiger partial charge in [0.1, 0.15) is 0 Å². The van der Waals surface area contributed by atoms with E-state index in [0.29, 0.717) is 11.8 Å². The van der Waals surface area contributed by atoms with Gasteiger partial charge in [-0.2, -0.15) is 0 Å². The molecule has 1 aliphatic carbocycles. The van der Waals surface area contributed by atoms with Gasteiger partial charge < -0.3 is 0 Å². The first-order valence-corrected chi connectivity index (χ1v) is 16.2. The lowest BCUT2D eigenvalue weighted by atomic mass is 9.77. The number of rotatable bonds is 5. The van der Waals surface area contributed by atoms with Crippen LogP contribution in [0.4, 0.5) is 0 Å². The molecule has 0 aliphatic heterocycles. The van der Waals surface area contributed by atoms with Gasteiger partial charge in [-0.05, 0) is 88.8 Å². The van der Waals surface area contributed by atoms with E-state index >= 15 is 0 Å². The van der Waals surface area contributed by atoms with Crippen LogP contribution in [0.3, 0.4) is 0 Å². The number of halogens is 2. The number of aromatic nitrogens is 1. The maximum atomic E-state index is 4.94. The van der Waals surface area contributed by atoms with Crippen molar-refractivity contribution < 1.29 is 0 Å². The Hall–Kier alpha value is -1.11. The molecule has 3 rings (SSSR count). The number of fused-ring (bicyclic) bond motifs is 2. The Bertz CT molecular complexity index is 818. The molecule has 0 fully saturated rings. The van der Waals surface area contributed by atoms with Crippen LogP contribution in [0.5, 0.6) is 0 Å². The molecule has 2 aromatic rings. The van der Waals surface area contributed by atoms with E-state index < -0.39 is 0 Å². The number of aryl methyl sites for hydroxylation is 3. The van der Waals surface area contributed by atoms with E-state index in [4.69, 9.17) is 4.98 Å². The van der Waals surface area contributed by atoms with E-state index in [-0.39, 0.29) is 0 Å². The van der Waals surface area contributed by atoms with E-state index in [1.54, 1.807) is 0 Å². The molecule has 212 valence electrons. The third-order valence-corrected chi connectivity index (χ3v) is 6.48. The normalized spacial score (nSPS) is 12.5. The molecule has 0 N–H and O–H groups in total. The fourth-order valence-electron chi connectivity index (χ4n) is 4.44. The van der Waals surface area contributed by atoms with Gasteiger partial charge in [0.2, 0.25) is 0 Å². The largest absolute Gasteiger partial charge is 0.259 e. The molecule has 0 saturated heterocycles. The van der Waals surface area contributed by atoms with Crippen molar-refractivity contribution in [3.8, 4) is 12.8 Å². The van der Waals surface area contributed by atoms with Crippen LogP contribution >= 0.6 is 31.9 Å². The molecular weight excluding hydrogens is 582 g/mol. The molecule has 1 nitrogen and oxygen atoms in total.